The Hall–Kier alpha value is -2.83. The van der Waals surface area contributed by atoms with Crippen LogP contribution in [0.2, 0.25) is 0 Å². The number of benzene rings is 1. The van der Waals surface area contributed by atoms with E-state index in [0.717, 1.165) is 57.3 Å². The van der Waals surface area contributed by atoms with E-state index in [2.05, 4.69) is 31.9 Å². The van der Waals surface area contributed by atoms with Crippen LogP contribution in [0, 0.1) is 0 Å². The molecule has 2 aromatic rings. The summed E-state index contributed by atoms with van der Waals surface area (Å²) >= 11 is 0. The van der Waals surface area contributed by atoms with Gasteiger partial charge in [0.05, 0.1) is 13.7 Å². The zero-order valence-corrected chi connectivity index (χ0v) is 16.4. The molecule has 0 amide bonds. The summed E-state index contributed by atoms with van der Waals surface area (Å²) in [6.45, 7) is 4.12. The standard InChI is InChI=1S/C21H28N6O/c1-28-18-6-4-17(5-7-18)21(8-2-9-21)16-25-19(22)26-12-14-27(15-13-26)20-23-10-3-11-24-20/h3-7,10-11H,2,8-9,12-16H2,1H3,(H2,22,25). The van der Waals surface area contributed by atoms with E-state index in [0.29, 0.717) is 5.96 Å². The maximum atomic E-state index is 6.35. The molecule has 1 saturated heterocycles. The third-order valence-corrected chi connectivity index (χ3v) is 6.00. The Balaban J connectivity index is 1.37. The largest absolute Gasteiger partial charge is 0.497 e. The number of nitrogens with two attached hydrogens (primary N) is 1. The molecule has 28 heavy (non-hydrogen) atoms. The molecule has 0 unspecified atom stereocenters. The molecule has 1 saturated carbocycles. The quantitative estimate of drug-likeness (QED) is 0.632. The number of rotatable bonds is 5. The summed E-state index contributed by atoms with van der Waals surface area (Å²) in [4.78, 5) is 17.8. The molecule has 2 fully saturated rings. The van der Waals surface area contributed by atoms with Crippen molar-refractivity contribution in [2.24, 2.45) is 10.7 Å². The average molecular weight is 380 g/mol. The third kappa shape index (κ3) is 3.74. The van der Waals surface area contributed by atoms with Crippen LogP contribution in [0.1, 0.15) is 24.8 Å². The number of piperazine rings is 1. The molecule has 1 aromatic heterocycles. The van der Waals surface area contributed by atoms with E-state index < -0.39 is 0 Å². The number of hydrogen-bond donors (Lipinski definition) is 1. The van der Waals surface area contributed by atoms with E-state index in [4.69, 9.17) is 15.5 Å². The highest BCUT2D eigenvalue weighted by Gasteiger charge is 2.38. The molecule has 2 heterocycles. The third-order valence-electron chi connectivity index (χ3n) is 6.00. The summed E-state index contributed by atoms with van der Waals surface area (Å²) in [6.07, 6.45) is 7.13. The van der Waals surface area contributed by atoms with Crippen molar-refractivity contribution < 1.29 is 4.74 Å². The van der Waals surface area contributed by atoms with Gasteiger partial charge in [-0.25, -0.2) is 9.97 Å². The minimum atomic E-state index is 0.122. The van der Waals surface area contributed by atoms with E-state index in [1.54, 1.807) is 19.5 Å². The molecule has 2 N–H and O–H groups in total. The zero-order chi connectivity index (χ0) is 19.4. The number of anilines is 1. The van der Waals surface area contributed by atoms with Gasteiger partial charge < -0.3 is 20.3 Å². The molecule has 0 atom stereocenters. The second-order valence-corrected chi connectivity index (χ2v) is 7.56. The molecule has 1 aliphatic carbocycles. The minimum absolute atomic E-state index is 0.122. The number of ether oxygens (including phenoxy) is 1. The molecule has 148 valence electrons. The molecule has 4 rings (SSSR count). The first-order valence-corrected chi connectivity index (χ1v) is 9.92. The summed E-state index contributed by atoms with van der Waals surface area (Å²) in [7, 11) is 1.70. The van der Waals surface area contributed by atoms with Gasteiger partial charge in [0.25, 0.3) is 0 Å². The highest BCUT2D eigenvalue weighted by Crippen LogP contribution is 2.44. The van der Waals surface area contributed by atoms with Crippen LogP contribution in [0.3, 0.4) is 0 Å². The number of hydrogen-bond acceptors (Lipinski definition) is 5. The smallest absolute Gasteiger partial charge is 0.225 e. The number of aliphatic imine (C=N–C) groups is 1. The van der Waals surface area contributed by atoms with Crippen LogP contribution in [0.15, 0.2) is 47.7 Å². The topological polar surface area (TPSA) is 79.9 Å². The lowest BCUT2D eigenvalue weighted by atomic mass is 9.64. The monoisotopic (exact) mass is 380 g/mol. The molecule has 7 nitrogen and oxygen atoms in total. The van der Waals surface area contributed by atoms with E-state index in [1.807, 2.05) is 18.2 Å². The van der Waals surface area contributed by atoms with Gasteiger partial charge in [-0.3, -0.25) is 4.99 Å². The lowest BCUT2D eigenvalue weighted by Crippen LogP contribution is -2.52. The maximum Gasteiger partial charge on any atom is 0.225 e. The van der Waals surface area contributed by atoms with Gasteiger partial charge in [0, 0.05) is 44.0 Å². The fourth-order valence-corrected chi connectivity index (χ4v) is 4.01. The van der Waals surface area contributed by atoms with E-state index in [-0.39, 0.29) is 5.41 Å². The number of guanidine groups is 1. The molecule has 1 aromatic carbocycles. The number of aromatic nitrogens is 2. The predicted molar refractivity (Wildman–Crippen MR) is 111 cm³/mol. The van der Waals surface area contributed by atoms with Crippen LogP contribution >= 0.6 is 0 Å². The minimum Gasteiger partial charge on any atom is -0.497 e. The van der Waals surface area contributed by atoms with Gasteiger partial charge in [0.1, 0.15) is 5.75 Å². The van der Waals surface area contributed by atoms with Gasteiger partial charge in [0.15, 0.2) is 5.96 Å². The first-order valence-electron chi connectivity index (χ1n) is 9.92. The van der Waals surface area contributed by atoms with Crippen LogP contribution in [0.4, 0.5) is 5.95 Å². The van der Waals surface area contributed by atoms with Crippen molar-refractivity contribution in [2.45, 2.75) is 24.7 Å². The van der Waals surface area contributed by atoms with Crippen molar-refractivity contribution in [1.29, 1.82) is 0 Å². The summed E-state index contributed by atoms with van der Waals surface area (Å²) < 4.78 is 5.28. The fourth-order valence-electron chi connectivity index (χ4n) is 4.01. The van der Waals surface area contributed by atoms with Crippen molar-refractivity contribution in [3.05, 3.63) is 48.3 Å². The van der Waals surface area contributed by atoms with Gasteiger partial charge in [-0.05, 0) is 36.6 Å². The SMILES string of the molecule is COc1ccc(C2(CN=C(N)N3CCN(c4ncccn4)CC3)CCC2)cc1. The average Bonchev–Trinajstić information content (AvgIpc) is 2.74. The summed E-state index contributed by atoms with van der Waals surface area (Å²) in [6, 6.07) is 10.2. The molecular formula is C21H28N6O. The number of nitrogens with zero attached hydrogens (tertiary/aromatic N) is 5. The normalized spacial score (nSPS) is 19.2. The van der Waals surface area contributed by atoms with Crippen LogP contribution in [0.25, 0.3) is 0 Å². The van der Waals surface area contributed by atoms with Crippen LogP contribution in [0.5, 0.6) is 5.75 Å². The Labute approximate surface area is 166 Å². The van der Waals surface area contributed by atoms with Gasteiger partial charge in [-0.15, -0.1) is 0 Å². The Morgan fingerprint density at radius 2 is 1.79 bits per heavy atom. The predicted octanol–water partition coefficient (Wildman–Crippen LogP) is 2.04. The fraction of sp³-hybridized carbons (Fsp3) is 0.476. The van der Waals surface area contributed by atoms with Gasteiger partial charge in [0.2, 0.25) is 5.95 Å². The summed E-state index contributed by atoms with van der Waals surface area (Å²) in [5.41, 5.74) is 7.81. The van der Waals surface area contributed by atoms with Crippen molar-refractivity contribution in [3.8, 4) is 5.75 Å². The van der Waals surface area contributed by atoms with E-state index in [9.17, 15) is 0 Å². The highest BCUT2D eigenvalue weighted by atomic mass is 16.5. The first kappa shape index (κ1) is 18.5. The Kier molecular flexibility index (Phi) is 5.32. The van der Waals surface area contributed by atoms with E-state index in [1.165, 1.54) is 12.0 Å². The van der Waals surface area contributed by atoms with E-state index >= 15 is 0 Å². The zero-order valence-electron chi connectivity index (χ0n) is 16.4. The highest BCUT2D eigenvalue weighted by molar-refractivity contribution is 5.78. The molecule has 1 aliphatic heterocycles. The lowest BCUT2D eigenvalue weighted by molar-refractivity contribution is 0.252. The Bertz CT molecular complexity index is 795. The van der Waals surface area contributed by atoms with Gasteiger partial charge in [-0.1, -0.05) is 18.6 Å². The van der Waals surface area contributed by atoms with Crippen LogP contribution in [-0.4, -0.2) is 60.7 Å². The Morgan fingerprint density at radius 1 is 1.11 bits per heavy atom. The molecule has 0 bridgehead atoms. The lowest BCUT2D eigenvalue weighted by Gasteiger charge is -2.42. The van der Waals surface area contributed by atoms with Crippen molar-refractivity contribution >= 4 is 11.9 Å². The molecule has 2 aliphatic rings. The maximum absolute atomic E-state index is 6.35. The molecule has 0 radical (unpaired) electrons. The van der Waals surface area contributed by atoms with Crippen molar-refractivity contribution in [3.63, 3.8) is 0 Å². The second kappa shape index (κ2) is 8.04. The summed E-state index contributed by atoms with van der Waals surface area (Å²) in [5, 5.41) is 0. The molecule has 0 spiro atoms. The Morgan fingerprint density at radius 3 is 2.36 bits per heavy atom. The molecular weight excluding hydrogens is 352 g/mol. The van der Waals surface area contributed by atoms with Crippen molar-refractivity contribution in [1.82, 2.24) is 14.9 Å². The second-order valence-electron chi connectivity index (χ2n) is 7.56. The van der Waals surface area contributed by atoms with Crippen molar-refractivity contribution in [2.75, 3.05) is 44.7 Å². The van der Waals surface area contributed by atoms with Gasteiger partial charge >= 0.3 is 0 Å². The van der Waals surface area contributed by atoms with Crippen LogP contribution in [-0.2, 0) is 5.41 Å². The molecule has 7 heteroatoms. The van der Waals surface area contributed by atoms with Crippen LogP contribution < -0.4 is 15.4 Å². The number of methoxy groups -OCH3 is 1. The summed E-state index contributed by atoms with van der Waals surface area (Å²) in [5.74, 6) is 2.32. The van der Waals surface area contributed by atoms with Gasteiger partial charge in [-0.2, -0.15) is 0 Å². The first-order chi connectivity index (χ1) is 13.7.